The number of benzene rings is 2. The molecule has 0 bridgehead atoms. The van der Waals surface area contributed by atoms with Crippen LogP contribution in [0.5, 0.6) is 11.5 Å². The van der Waals surface area contributed by atoms with Gasteiger partial charge in [0.1, 0.15) is 11.5 Å². The first-order valence-electron chi connectivity index (χ1n) is 7.09. The highest BCUT2D eigenvalue weighted by atomic mass is 32.2. The molecule has 126 valence electrons. The van der Waals surface area contributed by atoms with Crippen molar-refractivity contribution in [3.05, 3.63) is 52.2 Å². The lowest BCUT2D eigenvalue weighted by Crippen LogP contribution is -2.29. The minimum Gasteiger partial charge on any atom is -0.508 e. The van der Waals surface area contributed by atoms with E-state index in [1.165, 1.54) is 19.2 Å². The molecule has 0 radical (unpaired) electrons. The van der Waals surface area contributed by atoms with E-state index in [1.54, 1.807) is 32.0 Å². The number of aromatic hydroxyl groups is 1. The molecule has 1 atom stereocenters. The van der Waals surface area contributed by atoms with Crippen molar-refractivity contribution in [1.82, 2.24) is 0 Å². The van der Waals surface area contributed by atoms with Gasteiger partial charge in [-0.2, -0.15) is 0 Å². The van der Waals surface area contributed by atoms with Gasteiger partial charge in [0.25, 0.3) is 0 Å². The smallest absolute Gasteiger partial charge is 0.303 e. The summed E-state index contributed by atoms with van der Waals surface area (Å²) in [6.45, 7) is 3.23. The van der Waals surface area contributed by atoms with Crippen LogP contribution in [-0.4, -0.2) is 25.0 Å². The van der Waals surface area contributed by atoms with Crippen molar-refractivity contribution in [2.24, 2.45) is 9.98 Å². The van der Waals surface area contributed by atoms with Gasteiger partial charge < -0.3 is 9.84 Å². The zero-order valence-corrected chi connectivity index (χ0v) is 15.0. The van der Waals surface area contributed by atoms with Crippen LogP contribution in [0.1, 0.15) is 11.1 Å². The van der Waals surface area contributed by atoms with Crippen molar-refractivity contribution >= 4 is 22.5 Å². The van der Waals surface area contributed by atoms with Crippen LogP contribution in [0.3, 0.4) is 0 Å². The van der Waals surface area contributed by atoms with Crippen LogP contribution in [0.4, 0.5) is 0 Å². The second-order valence-corrected chi connectivity index (χ2v) is 8.47. The summed E-state index contributed by atoms with van der Waals surface area (Å²) in [5.74, 6) is 0.560. The molecule has 8 heteroatoms. The fourth-order valence-corrected chi connectivity index (χ4v) is 4.93. The van der Waals surface area contributed by atoms with E-state index in [2.05, 4.69) is 22.6 Å². The second kappa shape index (κ2) is 5.49. The zero-order valence-electron chi connectivity index (χ0n) is 13.3. The van der Waals surface area contributed by atoms with Crippen molar-refractivity contribution in [1.29, 1.82) is 0 Å². The topological polar surface area (TPSA) is 88.3 Å². The summed E-state index contributed by atoms with van der Waals surface area (Å²) < 4.78 is 29.5. The number of ether oxygens (including phenoxy) is 1. The lowest BCUT2D eigenvalue weighted by molar-refractivity contribution is 0.414. The van der Waals surface area contributed by atoms with E-state index in [-0.39, 0.29) is 10.6 Å². The Balaban J connectivity index is 2.23. The van der Waals surface area contributed by atoms with Crippen molar-refractivity contribution in [3.8, 4) is 11.5 Å². The van der Waals surface area contributed by atoms with Crippen molar-refractivity contribution in [2.75, 3.05) is 7.11 Å². The first-order valence-corrected chi connectivity index (χ1v) is 9.02. The molecule has 6 nitrogen and oxygen atoms in total. The van der Waals surface area contributed by atoms with Crippen LogP contribution in [0.15, 0.2) is 45.2 Å². The summed E-state index contributed by atoms with van der Waals surface area (Å²) in [6, 6.07) is 7.72. The Morgan fingerprint density at radius 1 is 1.08 bits per heavy atom. The molecule has 0 fully saturated rings. The van der Waals surface area contributed by atoms with E-state index in [0.717, 1.165) is 0 Å². The summed E-state index contributed by atoms with van der Waals surface area (Å²) in [4.78, 5) is 8.49. The van der Waals surface area contributed by atoms with Gasteiger partial charge >= 0.3 is 4.33 Å². The number of fused-ring (bicyclic) bond motifs is 1. The normalized spacial score (nSPS) is 19.3. The van der Waals surface area contributed by atoms with E-state index >= 15 is 0 Å². The maximum absolute atomic E-state index is 13.2. The van der Waals surface area contributed by atoms with Crippen molar-refractivity contribution in [2.45, 2.75) is 23.1 Å². The van der Waals surface area contributed by atoms with Crippen LogP contribution in [-0.2, 0) is 9.84 Å². The van der Waals surface area contributed by atoms with Gasteiger partial charge in [0.05, 0.1) is 22.7 Å². The molecular formula is C16H16N2O4S2. The van der Waals surface area contributed by atoms with Crippen LogP contribution >= 0.6 is 12.6 Å². The van der Waals surface area contributed by atoms with E-state index < -0.39 is 14.2 Å². The van der Waals surface area contributed by atoms with Crippen LogP contribution < -0.4 is 15.5 Å². The molecule has 0 aromatic heterocycles. The number of sulfone groups is 1. The van der Waals surface area contributed by atoms with Crippen LogP contribution in [0.25, 0.3) is 0 Å². The Bertz CT molecular complexity index is 1040. The number of hydrogen-bond donors (Lipinski definition) is 2. The van der Waals surface area contributed by atoms with Crippen molar-refractivity contribution < 1.29 is 18.3 Å². The van der Waals surface area contributed by atoms with Gasteiger partial charge in [-0.05, 0) is 49.2 Å². The van der Waals surface area contributed by atoms with Gasteiger partial charge in [0.2, 0.25) is 9.84 Å². The third-order valence-corrected chi connectivity index (χ3v) is 6.80. The fourth-order valence-electron chi connectivity index (χ4n) is 2.76. The summed E-state index contributed by atoms with van der Waals surface area (Å²) in [7, 11) is -2.51. The first kappa shape index (κ1) is 16.8. The highest BCUT2D eigenvalue weighted by molar-refractivity contribution is 8.06. The molecule has 0 aliphatic carbocycles. The minimum absolute atomic E-state index is 0.00508. The molecule has 0 amide bonds. The first-order chi connectivity index (χ1) is 11.2. The molecule has 0 spiro atoms. The van der Waals surface area contributed by atoms with Gasteiger partial charge in [-0.25, -0.2) is 18.4 Å². The van der Waals surface area contributed by atoms with Gasteiger partial charge in [0, 0.05) is 6.07 Å². The molecule has 3 rings (SSSR count). The van der Waals surface area contributed by atoms with Crippen LogP contribution in [0, 0.1) is 13.8 Å². The molecule has 2 aromatic rings. The number of aryl methyl sites for hydroxylation is 2. The predicted molar refractivity (Wildman–Crippen MR) is 91.8 cm³/mol. The van der Waals surface area contributed by atoms with Gasteiger partial charge in [0.15, 0.2) is 0 Å². The van der Waals surface area contributed by atoms with E-state index in [0.29, 0.717) is 27.6 Å². The molecule has 1 N–H and O–H groups in total. The number of hydrogen-bond acceptors (Lipinski definition) is 7. The molecule has 0 saturated carbocycles. The SMILES string of the molecule is COc1ccc2c(c1)=NC(S)(S(=O)(=O)c1c(C)cc(O)cc1C)N=2. The maximum Gasteiger partial charge on any atom is 0.303 e. The monoisotopic (exact) mass is 364 g/mol. The lowest BCUT2D eigenvalue weighted by Gasteiger charge is -2.20. The summed E-state index contributed by atoms with van der Waals surface area (Å²) in [5.41, 5.74) is 0.833. The van der Waals surface area contributed by atoms with Gasteiger partial charge in [-0.3, -0.25) is 0 Å². The second-order valence-electron chi connectivity index (χ2n) is 5.56. The average Bonchev–Trinajstić information content (AvgIpc) is 2.82. The molecule has 2 aromatic carbocycles. The van der Waals surface area contributed by atoms with Crippen LogP contribution in [0.2, 0.25) is 0 Å². The van der Waals surface area contributed by atoms with E-state index in [9.17, 15) is 13.5 Å². The highest BCUT2D eigenvalue weighted by Gasteiger charge is 2.44. The highest BCUT2D eigenvalue weighted by Crippen LogP contribution is 2.37. The third-order valence-electron chi connectivity index (χ3n) is 3.79. The molecule has 1 unspecified atom stereocenters. The number of nitrogens with zero attached hydrogens (tertiary/aromatic N) is 2. The number of thiol groups is 1. The standard InChI is InChI=1S/C16H16N2O4S2/c1-9-6-11(19)7-10(2)15(9)24(20,21)16(23)17-13-5-4-12(22-3)8-14(13)18-16/h4-8,19,23H,1-3H3. The summed E-state index contributed by atoms with van der Waals surface area (Å²) >= 11 is 4.28. The molecular weight excluding hydrogens is 348 g/mol. The largest absolute Gasteiger partial charge is 0.508 e. The Kier molecular flexibility index (Phi) is 3.84. The Morgan fingerprint density at radius 2 is 1.67 bits per heavy atom. The fraction of sp³-hybridized carbons (Fsp3) is 0.250. The number of phenolic OH excluding ortho intramolecular Hbond substituents is 1. The number of phenols is 1. The third kappa shape index (κ3) is 2.46. The van der Waals surface area contributed by atoms with E-state index in [4.69, 9.17) is 4.74 Å². The molecule has 1 aliphatic heterocycles. The molecule has 0 saturated heterocycles. The number of methoxy groups -OCH3 is 1. The maximum atomic E-state index is 13.2. The molecule has 24 heavy (non-hydrogen) atoms. The van der Waals surface area contributed by atoms with Gasteiger partial charge in [-0.1, -0.05) is 0 Å². The number of rotatable bonds is 3. The molecule has 1 heterocycles. The minimum atomic E-state index is -4.02. The Morgan fingerprint density at radius 3 is 2.25 bits per heavy atom. The quantitative estimate of drug-likeness (QED) is 0.803. The van der Waals surface area contributed by atoms with E-state index in [1.807, 2.05) is 0 Å². The molecule has 1 aliphatic rings. The summed E-state index contributed by atoms with van der Waals surface area (Å²) in [6.07, 6.45) is 0. The predicted octanol–water partition coefficient (Wildman–Crippen LogP) is 1.29. The Labute approximate surface area is 144 Å². The zero-order chi connectivity index (χ0) is 17.7. The average molecular weight is 364 g/mol. The summed E-state index contributed by atoms with van der Waals surface area (Å²) in [5, 5.41) is 10.5. The van der Waals surface area contributed by atoms with Crippen molar-refractivity contribution in [3.63, 3.8) is 0 Å². The van der Waals surface area contributed by atoms with Gasteiger partial charge in [-0.15, -0.1) is 12.6 Å². The Hall–Kier alpha value is -2.06. The lowest BCUT2D eigenvalue weighted by atomic mass is 10.1.